The number of carbonyl (C=O) groups is 1. The average Bonchev–Trinajstić information content (AvgIpc) is 3.28. The average molecular weight is 336 g/mol. The number of carbonyl (C=O) groups excluding carboxylic acids is 1. The van der Waals surface area contributed by atoms with Gasteiger partial charge in [-0.3, -0.25) is 9.59 Å². The van der Waals surface area contributed by atoms with Gasteiger partial charge < -0.3 is 9.88 Å². The Kier molecular flexibility index (Phi) is 3.95. The number of pyridine rings is 1. The van der Waals surface area contributed by atoms with Crippen molar-refractivity contribution in [1.29, 1.82) is 0 Å². The zero-order chi connectivity index (χ0) is 17.5. The summed E-state index contributed by atoms with van der Waals surface area (Å²) in [6, 6.07) is 7.77. The van der Waals surface area contributed by atoms with E-state index in [0.717, 1.165) is 6.07 Å². The maximum absolute atomic E-state index is 13.1. The van der Waals surface area contributed by atoms with Crippen molar-refractivity contribution in [3.63, 3.8) is 0 Å². The van der Waals surface area contributed by atoms with Crippen molar-refractivity contribution < 1.29 is 18.0 Å². The minimum absolute atomic E-state index is 0.204. The third-order valence-electron chi connectivity index (χ3n) is 4.12. The Morgan fingerprint density at radius 3 is 2.58 bits per heavy atom. The molecule has 0 spiro atoms. The van der Waals surface area contributed by atoms with Crippen LogP contribution < -0.4 is 10.9 Å². The van der Waals surface area contributed by atoms with Crippen LogP contribution in [0.5, 0.6) is 0 Å². The highest BCUT2D eigenvalue weighted by Gasteiger charge is 2.44. The molecule has 0 bridgehead atoms. The van der Waals surface area contributed by atoms with Gasteiger partial charge in [-0.25, -0.2) is 0 Å². The van der Waals surface area contributed by atoms with Crippen molar-refractivity contribution in [2.45, 2.75) is 24.6 Å². The highest BCUT2D eigenvalue weighted by molar-refractivity contribution is 5.94. The van der Waals surface area contributed by atoms with Crippen LogP contribution in [-0.4, -0.2) is 16.5 Å². The summed E-state index contributed by atoms with van der Waals surface area (Å²) in [5.74, 6) is -0.748. The van der Waals surface area contributed by atoms with Gasteiger partial charge in [0.1, 0.15) is 0 Å². The molecule has 126 valence electrons. The molecule has 1 aromatic heterocycles. The van der Waals surface area contributed by atoms with E-state index in [2.05, 4.69) is 5.32 Å². The summed E-state index contributed by atoms with van der Waals surface area (Å²) in [6.45, 7) is 0. The molecular weight excluding hydrogens is 321 g/mol. The highest BCUT2D eigenvalue weighted by atomic mass is 19.4. The van der Waals surface area contributed by atoms with E-state index < -0.39 is 17.6 Å². The van der Waals surface area contributed by atoms with E-state index >= 15 is 0 Å². The van der Waals surface area contributed by atoms with E-state index in [1.54, 1.807) is 6.07 Å². The molecule has 2 atom stereocenters. The molecule has 1 aliphatic rings. The summed E-state index contributed by atoms with van der Waals surface area (Å²) in [5, 5.41) is 2.72. The van der Waals surface area contributed by atoms with Crippen LogP contribution in [0.3, 0.4) is 0 Å². The topological polar surface area (TPSA) is 51.1 Å². The largest absolute Gasteiger partial charge is 0.416 e. The van der Waals surface area contributed by atoms with E-state index in [4.69, 9.17) is 0 Å². The van der Waals surface area contributed by atoms with Gasteiger partial charge in [-0.05, 0) is 24.1 Å². The van der Waals surface area contributed by atoms with Crippen molar-refractivity contribution in [2.24, 2.45) is 7.05 Å². The van der Waals surface area contributed by atoms with Crippen molar-refractivity contribution in [3.8, 4) is 0 Å². The predicted molar refractivity (Wildman–Crippen MR) is 81.7 cm³/mol. The molecule has 1 saturated carbocycles. The fourth-order valence-corrected chi connectivity index (χ4v) is 2.76. The second kappa shape index (κ2) is 5.81. The Morgan fingerprint density at radius 1 is 1.21 bits per heavy atom. The van der Waals surface area contributed by atoms with Gasteiger partial charge in [0, 0.05) is 31.3 Å². The number of amides is 1. The third kappa shape index (κ3) is 3.20. The number of rotatable bonds is 3. The number of benzene rings is 1. The first-order valence-corrected chi connectivity index (χ1v) is 7.41. The Morgan fingerprint density at radius 2 is 1.92 bits per heavy atom. The van der Waals surface area contributed by atoms with Crippen LogP contribution >= 0.6 is 0 Å². The summed E-state index contributed by atoms with van der Waals surface area (Å²) in [7, 11) is 1.53. The zero-order valence-electron chi connectivity index (χ0n) is 12.8. The van der Waals surface area contributed by atoms with E-state index in [-0.39, 0.29) is 23.1 Å². The maximum atomic E-state index is 13.1. The number of aryl methyl sites for hydroxylation is 1. The van der Waals surface area contributed by atoms with Crippen LogP contribution in [0.1, 0.15) is 33.8 Å². The van der Waals surface area contributed by atoms with Crippen LogP contribution in [0.4, 0.5) is 13.2 Å². The summed E-state index contributed by atoms with van der Waals surface area (Å²) in [4.78, 5) is 23.5. The number of hydrogen-bond acceptors (Lipinski definition) is 2. The van der Waals surface area contributed by atoms with Crippen molar-refractivity contribution >= 4 is 5.91 Å². The molecule has 0 saturated heterocycles. The quantitative estimate of drug-likeness (QED) is 0.937. The molecule has 0 radical (unpaired) electrons. The smallest absolute Gasteiger partial charge is 0.349 e. The Hall–Kier alpha value is -2.57. The van der Waals surface area contributed by atoms with Crippen molar-refractivity contribution in [3.05, 3.63) is 69.6 Å². The second-order valence-corrected chi connectivity index (χ2v) is 5.87. The number of alkyl halides is 3. The van der Waals surface area contributed by atoms with Crippen LogP contribution in [0, 0.1) is 0 Å². The summed E-state index contributed by atoms with van der Waals surface area (Å²) >= 11 is 0. The standard InChI is InChI=1S/C17H15F3N2O2/c1-22-9-10(6-7-15(22)23)16(24)21-14-8-12(14)11-4-2-3-5-13(11)17(18,19)20/h2-7,9,12,14H,8H2,1H3,(H,21,24)/t12-,14-/m1/s1. The first-order valence-electron chi connectivity index (χ1n) is 7.41. The van der Waals surface area contributed by atoms with E-state index in [1.165, 1.54) is 42.1 Å². The lowest BCUT2D eigenvalue weighted by molar-refractivity contribution is -0.138. The Bertz CT molecular complexity index is 842. The minimum Gasteiger partial charge on any atom is -0.349 e. The fourth-order valence-electron chi connectivity index (χ4n) is 2.76. The molecule has 1 heterocycles. The molecule has 0 aliphatic heterocycles. The van der Waals surface area contributed by atoms with E-state index in [9.17, 15) is 22.8 Å². The van der Waals surface area contributed by atoms with Gasteiger partial charge in [0.05, 0.1) is 11.1 Å². The lowest BCUT2D eigenvalue weighted by atomic mass is 10.0. The molecule has 3 rings (SSSR count). The maximum Gasteiger partial charge on any atom is 0.416 e. The Labute approximate surface area is 135 Å². The third-order valence-corrected chi connectivity index (χ3v) is 4.12. The van der Waals surface area contributed by atoms with Crippen LogP contribution in [-0.2, 0) is 13.2 Å². The Balaban J connectivity index is 1.74. The monoisotopic (exact) mass is 336 g/mol. The normalized spacial score (nSPS) is 19.8. The second-order valence-electron chi connectivity index (χ2n) is 5.87. The lowest BCUT2D eigenvalue weighted by Crippen LogP contribution is -2.28. The van der Waals surface area contributed by atoms with Gasteiger partial charge in [0.2, 0.25) is 5.56 Å². The van der Waals surface area contributed by atoms with Gasteiger partial charge in [0.25, 0.3) is 5.91 Å². The zero-order valence-corrected chi connectivity index (χ0v) is 12.8. The molecule has 1 aliphatic carbocycles. The summed E-state index contributed by atoms with van der Waals surface area (Å²) in [6.07, 6.45) is -2.55. The van der Waals surface area contributed by atoms with E-state index in [1.807, 2.05) is 0 Å². The fraction of sp³-hybridized carbons (Fsp3) is 0.294. The molecule has 1 aromatic carbocycles. The van der Waals surface area contributed by atoms with E-state index in [0.29, 0.717) is 12.0 Å². The number of aromatic nitrogens is 1. The molecule has 1 N–H and O–H groups in total. The number of hydrogen-bond donors (Lipinski definition) is 1. The first-order chi connectivity index (χ1) is 11.3. The number of nitrogens with one attached hydrogen (secondary N) is 1. The number of nitrogens with zero attached hydrogens (tertiary/aromatic N) is 1. The van der Waals surface area contributed by atoms with Crippen LogP contribution in [0.15, 0.2) is 47.4 Å². The molecule has 4 nitrogen and oxygen atoms in total. The minimum atomic E-state index is -4.41. The van der Waals surface area contributed by atoms with Gasteiger partial charge in [-0.2, -0.15) is 13.2 Å². The van der Waals surface area contributed by atoms with Crippen LogP contribution in [0.25, 0.3) is 0 Å². The van der Waals surface area contributed by atoms with Gasteiger partial charge in [-0.15, -0.1) is 0 Å². The van der Waals surface area contributed by atoms with Gasteiger partial charge >= 0.3 is 6.18 Å². The predicted octanol–water partition coefficient (Wildman–Crippen LogP) is 2.69. The van der Waals surface area contributed by atoms with Crippen molar-refractivity contribution in [2.75, 3.05) is 0 Å². The summed E-state index contributed by atoms with van der Waals surface area (Å²) < 4.78 is 40.4. The number of halogens is 3. The lowest BCUT2D eigenvalue weighted by Gasteiger charge is -2.12. The van der Waals surface area contributed by atoms with Gasteiger partial charge in [0.15, 0.2) is 0 Å². The highest BCUT2D eigenvalue weighted by Crippen LogP contribution is 2.46. The molecule has 1 fully saturated rings. The molecule has 1 amide bonds. The molecule has 24 heavy (non-hydrogen) atoms. The van der Waals surface area contributed by atoms with Crippen LogP contribution in [0.2, 0.25) is 0 Å². The van der Waals surface area contributed by atoms with Crippen molar-refractivity contribution in [1.82, 2.24) is 9.88 Å². The molecule has 0 unspecified atom stereocenters. The molecule has 7 heteroatoms. The first kappa shape index (κ1) is 16.3. The molecule has 2 aromatic rings. The SMILES string of the molecule is Cn1cc(C(=O)N[C@@H]2C[C@@H]2c2ccccc2C(F)(F)F)ccc1=O. The summed E-state index contributed by atoms with van der Waals surface area (Å²) in [5.41, 5.74) is -0.397. The van der Waals surface area contributed by atoms with Gasteiger partial charge in [-0.1, -0.05) is 18.2 Å². The molecular formula is C17H15F3N2O2.